The van der Waals surface area contributed by atoms with E-state index in [1.807, 2.05) is 13.8 Å². The van der Waals surface area contributed by atoms with Crippen molar-refractivity contribution >= 4 is 29.8 Å². The molecule has 0 atom stereocenters. The molecule has 0 aliphatic heterocycles. The van der Waals surface area contributed by atoms with E-state index >= 15 is 0 Å². The van der Waals surface area contributed by atoms with Crippen LogP contribution in [0.15, 0.2) is 54.1 Å². The number of esters is 1. The molecule has 2 aromatic rings. The Morgan fingerprint density at radius 3 is 2.15 bits per heavy atom. The van der Waals surface area contributed by atoms with E-state index in [0.717, 1.165) is 0 Å². The van der Waals surface area contributed by atoms with E-state index in [-0.39, 0.29) is 18.3 Å². The van der Waals surface area contributed by atoms with Crippen LogP contribution in [0.5, 0.6) is 5.75 Å². The van der Waals surface area contributed by atoms with Crippen molar-refractivity contribution in [1.29, 1.82) is 5.41 Å². The molecule has 8 heteroatoms. The number of ether oxygens (including phenoxy) is 1. The van der Waals surface area contributed by atoms with Gasteiger partial charge in [0.05, 0.1) is 5.56 Å². The van der Waals surface area contributed by atoms with E-state index in [0.29, 0.717) is 46.9 Å². The number of hydrogen-bond donors (Lipinski definition) is 3. The van der Waals surface area contributed by atoms with Crippen LogP contribution in [-0.2, 0) is 9.59 Å². The molecule has 0 saturated carbocycles. The van der Waals surface area contributed by atoms with Gasteiger partial charge in [-0.3, -0.25) is 15.0 Å². The minimum Gasteiger partial charge on any atom is -0.480 e. The number of nitrogens with zero attached hydrogens (tertiary/aromatic N) is 1. The maximum absolute atomic E-state index is 12.7. The molecule has 1 amide bonds. The molecule has 0 saturated heterocycles. The highest BCUT2D eigenvalue weighted by molar-refractivity contribution is 5.99. The van der Waals surface area contributed by atoms with Gasteiger partial charge in [0.2, 0.25) is 5.91 Å². The van der Waals surface area contributed by atoms with Gasteiger partial charge in [0.25, 0.3) is 0 Å². The Labute approximate surface area is 193 Å². The topological polar surface area (TPSA) is 134 Å². The molecule has 0 aliphatic rings. The van der Waals surface area contributed by atoms with Gasteiger partial charge in [0.15, 0.2) is 0 Å². The Balaban J connectivity index is 2.07. The van der Waals surface area contributed by atoms with E-state index in [4.69, 9.17) is 21.0 Å². The number of carboxylic acids is 1. The predicted octanol–water partition coefficient (Wildman–Crippen LogP) is 3.55. The van der Waals surface area contributed by atoms with Crippen LogP contribution in [0.4, 0.5) is 0 Å². The molecule has 0 radical (unpaired) electrons. The third kappa shape index (κ3) is 7.92. The maximum Gasteiger partial charge on any atom is 0.343 e. The number of benzene rings is 2. The van der Waals surface area contributed by atoms with Gasteiger partial charge in [-0.1, -0.05) is 26.0 Å². The number of carbonyl (C=O) groups excluding carboxylic acids is 2. The quantitative estimate of drug-likeness (QED) is 0.166. The molecule has 0 aliphatic carbocycles. The number of aliphatic carboxylic acids is 1. The van der Waals surface area contributed by atoms with Gasteiger partial charge in [0, 0.05) is 17.7 Å². The summed E-state index contributed by atoms with van der Waals surface area (Å²) in [7, 11) is 0. The van der Waals surface area contributed by atoms with Crippen molar-refractivity contribution in [3.05, 3.63) is 70.8 Å². The molecule has 0 heterocycles. The number of amidine groups is 1. The zero-order valence-electron chi connectivity index (χ0n) is 19.0. The average Bonchev–Trinajstić information content (AvgIpc) is 2.76. The van der Waals surface area contributed by atoms with Crippen molar-refractivity contribution in [3.63, 3.8) is 0 Å². The van der Waals surface area contributed by atoms with Crippen LogP contribution < -0.4 is 10.5 Å². The van der Waals surface area contributed by atoms with Gasteiger partial charge >= 0.3 is 11.9 Å². The minimum absolute atomic E-state index is 0.0729. The van der Waals surface area contributed by atoms with Gasteiger partial charge in [-0.05, 0) is 67.3 Å². The second-order valence-electron chi connectivity index (χ2n) is 8.08. The van der Waals surface area contributed by atoms with E-state index in [1.165, 1.54) is 4.90 Å². The smallest absolute Gasteiger partial charge is 0.343 e. The van der Waals surface area contributed by atoms with Gasteiger partial charge in [-0.25, -0.2) is 4.79 Å². The lowest BCUT2D eigenvalue weighted by Crippen LogP contribution is -2.37. The average molecular weight is 452 g/mol. The van der Waals surface area contributed by atoms with E-state index in [1.54, 1.807) is 61.5 Å². The number of nitrogens with two attached hydrogens (primary N) is 1. The first-order valence-electron chi connectivity index (χ1n) is 10.5. The Bertz CT molecular complexity index is 1040. The molecule has 0 spiro atoms. The van der Waals surface area contributed by atoms with Crippen LogP contribution >= 0.6 is 0 Å². The van der Waals surface area contributed by atoms with Crippen molar-refractivity contribution < 1.29 is 24.2 Å². The largest absolute Gasteiger partial charge is 0.480 e. The number of carboxylic acid groups (broad SMARTS) is 1. The highest BCUT2D eigenvalue weighted by Gasteiger charge is 2.18. The molecule has 0 fully saturated rings. The van der Waals surface area contributed by atoms with Crippen molar-refractivity contribution in [2.75, 3.05) is 13.1 Å². The van der Waals surface area contributed by atoms with E-state index in [2.05, 4.69) is 0 Å². The number of rotatable bonds is 10. The van der Waals surface area contributed by atoms with Crippen LogP contribution in [0.25, 0.3) is 6.08 Å². The number of carbonyl (C=O) groups is 3. The van der Waals surface area contributed by atoms with Gasteiger partial charge in [0.1, 0.15) is 18.1 Å². The zero-order chi connectivity index (χ0) is 24.5. The summed E-state index contributed by atoms with van der Waals surface area (Å²) in [5, 5.41) is 16.5. The summed E-state index contributed by atoms with van der Waals surface area (Å²) in [5.74, 6) is -1.34. The van der Waals surface area contributed by atoms with Crippen molar-refractivity contribution in [1.82, 2.24) is 4.90 Å². The molecule has 0 aromatic heterocycles. The Hall–Kier alpha value is -3.94. The number of nitrogens with one attached hydrogen (secondary N) is 1. The van der Waals surface area contributed by atoms with Gasteiger partial charge in [-0.2, -0.15) is 0 Å². The lowest BCUT2D eigenvalue weighted by Gasteiger charge is -2.22. The third-order valence-electron chi connectivity index (χ3n) is 4.83. The lowest BCUT2D eigenvalue weighted by molar-refractivity contribution is -0.143. The van der Waals surface area contributed by atoms with Crippen LogP contribution in [0.2, 0.25) is 0 Å². The molecular formula is C25H29N3O5. The first-order valence-corrected chi connectivity index (χ1v) is 10.5. The maximum atomic E-state index is 12.7. The van der Waals surface area contributed by atoms with Gasteiger partial charge < -0.3 is 20.5 Å². The van der Waals surface area contributed by atoms with Crippen LogP contribution in [0.3, 0.4) is 0 Å². The fourth-order valence-electron chi connectivity index (χ4n) is 2.97. The summed E-state index contributed by atoms with van der Waals surface area (Å²) in [6.45, 7) is 5.68. The molecule has 2 aromatic carbocycles. The third-order valence-corrected chi connectivity index (χ3v) is 4.83. The number of hydrogen-bond acceptors (Lipinski definition) is 5. The van der Waals surface area contributed by atoms with Crippen molar-refractivity contribution in [2.24, 2.45) is 11.7 Å². The summed E-state index contributed by atoms with van der Waals surface area (Å²) < 4.78 is 5.33. The molecule has 33 heavy (non-hydrogen) atoms. The summed E-state index contributed by atoms with van der Waals surface area (Å²) >= 11 is 0. The first kappa shape index (κ1) is 25.3. The fourth-order valence-corrected chi connectivity index (χ4v) is 2.97. The molecular weight excluding hydrogens is 422 g/mol. The standard InChI is InChI=1S/C25H29N3O5/c1-16(2)12-13-28(15-22(29)30)24(31)17(3)14-18-4-6-20(7-5-18)25(32)33-21-10-8-19(9-11-21)23(26)27/h4-11,14,16H,12-13,15H2,1-3H3,(H3,26,27)(H,29,30)/b17-14+. The Morgan fingerprint density at radius 1 is 1.06 bits per heavy atom. The molecule has 2 rings (SSSR count). The number of nitrogen functional groups attached to an aromatic ring is 1. The predicted molar refractivity (Wildman–Crippen MR) is 126 cm³/mol. The summed E-state index contributed by atoms with van der Waals surface area (Å²) in [4.78, 5) is 37.6. The fraction of sp³-hybridized carbons (Fsp3) is 0.280. The number of amides is 1. The van der Waals surface area contributed by atoms with Crippen molar-refractivity contribution in [2.45, 2.75) is 27.2 Å². The second kappa shape index (κ2) is 11.6. The van der Waals surface area contributed by atoms with Crippen LogP contribution in [0.1, 0.15) is 48.7 Å². The van der Waals surface area contributed by atoms with Crippen molar-refractivity contribution in [3.8, 4) is 5.75 Å². The molecule has 174 valence electrons. The second-order valence-corrected chi connectivity index (χ2v) is 8.08. The van der Waals surface area contributed by atoms with Crippen LogP contribution in [0, 0.1) is 11.3 Å². The molecule has 8 nitrogen and oxygen atoms in total. The van der Waals surface area contributed by atoms with E-state index < -0.39 is 11.9 Å². The monoisotopic (exact) mass is 451 g/mol. The summed E-state index contributed by atoms with van der Waals surface area (Å²) in [6.07, 6.45) is 2.36. The molecule has 0 unspecified atom stereocenters. The van der Waals surface area contributed by atoms with Gasteiger partial charge in [-0.15, -0.1) is 0 Å². The Morgan fingerprint density at radius 2 is 1.64 bits per heavy atom. The van der Waals surface area contributed by atoms with E-state index in [9.17, 15) is 14.4 Å². The Kier molecular flexibility index (Phi) is 8.91. The normalized spacial score (nSPS) is 11.2. The highest BCUT2D eigenvalue weighted by Crippen LogP contribution is 2.16. The highest BCUT2D eigenvalue weighted by atomic mass is 16.5. The molecule has 4 N–H and O–H groups in total. The zero-order valence-corrected chi connectivity index (χ0v) is 19.0. The first-order chi connectivity index (χ1) is 15.6. The SMILES string of the molecule is C/C(=C\c1ccc(C(=O)Oc2ccc(C(=N)N)cc2)cc1)C(=O)N(CCC(C)C)CC(=O)O. The van der Waals surface area contributed by atoms with Crippen LogP contribution in [-0.4, -0.2) is 46.8 Å². The minimum atomic E-state index is -1.06. The lowest BCUT2D eigenvalue weighted by atomic mass is 10.1. The summed E-state index contributed by atoms with van der Waals surface area (Å²) in [5.41, 5.74) is 7.37. The summed E-state index contributed by atoms with van der Waals surface area (Å²) in [6, 6.07) is 12.8. The molecule has 0 bridgehead atoms.